The van der Waals surface area contributed by atoms with Crippen molar-refractivity contribution in [2.75, 3.05) is 5.32 Å². The minimum atomic E-state index is -4.47. The SMILES string of the molecule is CC(C)[C@@H](Nc1ccc(C(F)(F)F)cc1Cl)C(=O)N[C@@H]1CCCc2ccccc21. The second-order valence-electron chi connectivity index (χ2n) is 7.71. The normalized spacial score (nSPS) is 17.6. The second kappa shape index (κ2) is 8.66. The fraction of sp³-hybridized carbons (Fsp3) is 0.409. The Morgan fingerprint density at radius 2 is 1.90 bits per heavy atom. The summed E-state index contributed by atoms with van der Waals surface area (Å²) in [6, 6.07) is 10.5. The largest absolute Gasteiger partial charge is 0.416 e. The molecule has 0 aliphatic heterocycles. The number of fused-ring (bicyclic) bond motifs is 1. The minimum absolute atomic E-state index is 0.0683. The summed E-state index contributed by atoms with van der Waals surface area (Å²) in [5.41, 5.74) is 1.85. The molecule has 0 radical (unpaired) electrons. The number of hydrogen-bond acceptors (Lipinski definition) is 2. The average molecular weight is 425 g/mol. The molecule has 1 aliphatic carbocycles. The Labute approximate surface area is 173 Å². The van der Waals surface area contributed by atoms with Crippen LogP contribution in [-0.2, 0) is 17.4 Å². The van der Waals surface area contributed by atoms with Crippen molar-refractivity contribution in [3.05, 3.63) is 64.2 Å². The van der Waals surface area contributed by atoms with E-state index in [1.165, 1.54) is 11.6 Å². The Morgan fingerprint density at radius 1 is 1.17 bits per heavy atom. The lowest BCUT2D eigenvalue weighted by atomic mass is 9.87. The molecule has 0 fully saturated rings. The first-order valence-corrected chi connectivity index (χ1v) is 10.1. The van der Waals surface area contributed by atoms with Crippen molar-refractivity contribution < 1.29 is 18.0 Å². The van der Waals surface area contributed by atoms with E-state index in [1.807, 2.05) is 32.0 Å². The van der Waals surface area contributed by atoms with Crippen LogP contribution in [-0.4, -0.2) is 11.9 Å². The number of rotatable bonds is 5. The molecule has 2 aromatic carbocycles. The number of carbonyl (C=O) groups excluding carboxylic acids is 1. The van der Waals surface area contributed by atoms with Crippen molar-refractivity contribution in [1.82, 2.24) is 5.32 Å². The second-order valence-corrected chi connectivity index (χ2v) is 8.12. The summed E-state index contributed by atoms with van der Waals surface area (Å²) in [4.78, 5) is 13.0. The highest BCUT2D eigenvalue weighted by Crippen LogP contribution is 2.34. The Bertz CT molecular complexity index is 883. The topological polar surface area (TPSA) is 41.1 Å². The molecule has 3 nitrogen and oxygen atoms in total. The third-order valence-corrected chi connectivity index (χ3v) is 5.56. The average Bonchev–Trinajstić information content (AvgIpc) is 2.66. The molecule has 1 amide bonds. The maximum absolute atomic E-state index is 13.0. The van der Waals surface area contributed by atoms with Crippen molar-refractivity contribution >= 4 is 23.2 Å². The van der Waals surface area contributed by atoms with Crippen LogP contribution < -0.4 is 10.6 Å². The maximum atomic E-state index is 13.0. The molecule has 29 heavy (non-hydrogen) atoms. The molecule has 0 aromatic heterocycles. The number of alkyl halides is 3. The summed E-state index contributed by atoms with van der Waals surface area (Å²) in [5, 5.41) is 6.07. The van der Waals surface area contributed by atoms with Crippen LogP contribution in [0.25, 0.3) is 0 Å². The van der Waals surface area contributed by atoms with Gasteiger partial charge >= 0.3 is 6.18 Å². The van der Waals surface area contributed by atoms with Gasteiger partial charge in [-0.1, -0.05) is 49.7 Å². The van der Waals surface area contributed by atoms with Gasteiger partial charge in [0.1, 0.15) is 6.04 Å². The zero-order valence-electron chi connectivity index (χ0n) is 16.3. The van der Waals surface area contributed by atoms with Gasteiger partial charge < -0.3 is 10.6 Å². The van der Waals surface area contributed by atoms with Crippen molar-refractivity contribution in [2.24, 2.45) is 5.92 Å². The molecule has 156 valence electrons. The fourth-order valence-electron chi connectivity index (χ4n) is 3.68. The first kappa shape index (κ1) is 21.5. The molecule has 0 unspecified atom stereocenters. The van der Waals surface area contributed by atoms with Crippen molar-refractivity contribution in [2.45, 2.75) is 51.4 Å². The van der Waals surface area contributed by atoms with Gasteiger partial charge in [-0.15, -0.1) is 0 Å². The molecule has 0 heterocycles. The maximum Gasteiger partial charge on any atom is 0.416 e. The standard InChI is InChI=1S/C22H24ClF3N2O/c1-13(2)20(27-19-11-10-15(12-17(19)23)22(24,25)26)21(29)28-18-9-5-7-14-6-3-4-8-16(14)18/h3-4,6,8,10-13,18,20,27H,5,7,9H2,1-2H3,(H,28,29)/t18-,20-/m1/s1. The minimum Gasteiger partial charge on any atom is -0.372 e. The Hall–Kier alpha value is -2.21. The molecule has 0 saturated carbocycles. The lowest BCUT2D eigenvalue weighted by Crippen LogP contribution is -2.45. The molecule has 1 aliphatic rings. The van der Waals surface area contributed by atoms with Crippen LogP contribution in [0.15, 0.2) is 42.5 Å². The van der Waals surface area contributed by atoms with Crippen LogP contribution in [0.1, 0.15) is 49.4 Å². The van der Waals surface area contributed by atoms with E-state index in [-0.39, 0.29) is 22.9 Å². The number of carbonyl (C=O) groups is 1. The van der Waals surface area contributed by atoms with Crippen LogP contribution in [0.5, 0.6) is 0 Å². The quantitative estimate of drug-likeness (QED) is 0.619. The van der Waals surface area contributed by atoms with Crippen LogP contribution in [0, 0.1) is 5.92 Å². The number of nitrogens with one attached hydrogen (secondary N) is 2. The highest BCUT2D eigenvalue weighted by atomic mass is 35.5. The van der Waals surface area contributed by atoms with E-state index in [9.17, 15) is 18.0 Å². The first-order valence-electron chi connectivity index (χ1n) is 9.68. The molecule has 0 spiro atoms. The van der Waals surface area contributed by atoms with Gasteiger partial charge in [-0.2, -0.15) is 13.2 Å². The summed E-state index contributed by atoms with van der Waals surface area (Å²) in [7, 11) is 0. The van der Waals surface area contributed by atoms with E-state index < -0.39 is 17.8 Å². The summed E-state index contributed by atoms with van der Waals surface area (Å²) in [5.74, 6) is -0.287. The van der Waals surface area contributed by atoms with Crippen molar-refractivity contribution in [3.63, 3.8) is 0 Å². The summed E-state index contributed by atoms with van der Waals surface area (Å²) >= 11 is 6.05. The summed E-state index contributed by atoms with van der Waals surface area (Å²) < 4.78 is 38.6. The Morgan fingerprint density at radius 3 is 2.55 bits per heavy atom. The van der Waals surface area contributed by atoms with Gasteiger partial charge in [0, 0.05) is 0 Å². The van der Waals surface area contributed by atoms with Crippen molar-refractivity contribution in [1.29, 1.82) is 0 Å². The van der Waals surface area contributed by atoms with Gasteiger partial charge in [0.2, 0.25) is 5.91 Å². The van der Waals surface area contributed by atoms with Gasteiger partial charge in [0.05, 0.1) is 22.3 Å². The predicted molar refractivity (Wildman–Crippen MR) is 109 cm³/mol. The highest BCUT2D eigenvalue weighted by molar-refractivity contribution is 6.33. The smallest absolute Gasteiger partial charge is 0.372 e. The van der Waals surface area contributed by atoms with Crippen LogP contribution >= 0.6 is 11.6 Å². The molecule has 2 atom stereocenters. The summed E-state index contributed by atoms with van der Waals surface area (Å²) in [6.45, 7) is 3.76. The van der Waals surface area contributed by atoms with E-state index in [2.05, 4.69) is 16.7 Å². The molecule has 2 aromatic rings. The lowest BCUT2D eigenvalue weighted by Gasteiger charge is -2.30. The van der Waals surface area contributed by atoms with E-state index in [4.69, 9.17) is 11.6 Å². The van der Waals surface area contributed by atoms with Gasteiger partial charge in [-0.05, 0) is 54.5 Å². The lowest BCUT2D eigenvalue weighted by molar-refractivity contribution is -0.137. The Balaban J connectivity index is 1.76. The fourth-order valence-corrected chi connectivity index (χ4v) is 3.91. The molecule has 2 N–H and O–H groups in total. The van der Waals surface area contributed by atoms with E-state index >= 15 is 0 Å². The van der Waals surface area contributed by atoms with Crippen LogP contribution in [0.4, 0.5) is 18.9 Å². The zero-order chi connectivity index (χ0) is 21.2. The molecule has 0 bridgehead atoms. The van der Waals surface area contributed by atoms with Gasteiger partial charge in [-0.3, -0.25) is 4.79 Å². The van der Waals surface area contributed by atoms with E-state index in [0.717, 1.165) is 37.0 Å². The number of aryl methyl sites for hydroxylation is 1. The monoisotopic (exact) mass is 424 g/mol. The van der Waals surface area contributed by atoms with Gasteiger partial charge in [0.25, 0.3) is 0 Å². The third-order valence-electron chi connectivity index (χ3n) is 5.24. The molecule has 0 saturated heterocycles. The van der Waals surface area contributed by atoms with E-state index in [1.54, 1.807) is 0 Å². The molecule has 3 rings (SSSR count). The van der Waals surface area contributed by atoms with Crippen LogP contribution in [0.3, 0.4) is 0 Å². The highest BCUT2D eigenvalue weighted by Gasteiger charge is 2.32. The zero-order valence-corrected chi connectivity index (χ0v) is 17.1. The number of amides is 1. The summed E-state index contributed by atoms with van der Waals surface area (Å²) in [6.07, 6.45) is -1.62. The third kappa shape index (κ3) is 5.04. The predicted octanol–water partition coefficient (Wildman–Crippen LogP) is 5.99. The van der Waals surface area contributed by atoms with Crippen molar-refractivity contribution in [3.8, 4) is 0 Å². The Kier molecular flexibility index (Phi) is 6.42. The first-order chi connectivity index (χ1) is 13.7. The number of benzene rings is 2. The van der Waals surface area contributed by atoms with Gasteiger partial charge in [0.15, 0.2) is 0 Å². The number of anilines is 1. The molecular weight excluding hydrogens is 401 g/mol. The number of halogens is 4. The van der Waals surface area contributed by atoms with Crippen LogP contribution in [0.2, 0.25) is 5.02 Å². The van der Waals surface area contributed by atoms with Gasteiger partial charge in [-0.25, -0.2) is 0 Å². The van der Waals surface area contributed by atoms with E-state index in [0.29, 0.717) is 5.69 Å². The molecule has 7 heteroatoms. The number of hydrogen-bond donors (Lipinski definition) is 2. The molecular formula is C22H24ClF3N2O.